The van der Waals surface area contributed by atoms with Crippen molar-refractivity contribution in [2.24, 2.45) is 0 Å². The number of nitrogens with zero attached hydrogens (tertiary/aromatic N) is 3. The summed E-state index contributed by atoms with van der Waals surface area (Å²) in [6, 6.07) is 2.53. The van der Waals surface area contributed by atoms with E-state index >= 15 is 0 Å². The molecule has 0 radical (unpaired) electrons. The van der Waals surface area contributed by atoms with Gasteiger partial charge in [-0.15, -0.1) is 0 Å². The summed E-state index contributed by atoms with van der Waals surface area (Å²) in [4.78, 5) is 7.35. The number of morpholine rings is 1. The number of aryl methyl sites for hydroxylation is 1. The molecule has 1 unspecified atom stereocenters. The fourth-order valence-corrected chi connectivity index (χ4v) is 5.27. The van der Waals surface area contributed by atoms with Crippen molar-refractivity contribution < 1.29 is 18.9 Å². The lowest BCUT2D eigenvalue weighted by Crippen LogP contribution is -2.62. The summed E-state index contributed by atoms with van der Waals surface area (Å²) in [7, 11) is 5.29. The summed E-state index contributed by atoms with van der Waals surface area (Å²) in [5.74, 6) is 0.859. The lowest BCUT2D eigenvalue weighted by molar-refractivity contribution is -0.221. The zero-order valence-electron chi connectivity index (χ0n) is 20.8. The van der Waals surface area contributed by atoms with Crippen LogP contribution in [0.1, 0.15) is 51.1 Å². The number of nitrogens with one attached hydrogen (secondary N) is 1. The van der Waals surface area contributed by atoms with Gasteiger partial charge < -0.3 is 28.8 Å². The van der Waals surface area contributed by atoms with Gasteiger partial charge in [0.15, 0.2) is 0 Å². The Morgan fingerprint density at radius 2 is 2.12 bits per heavy atom. The highest BCUT2D eigenvalue weighted by molar-refractivity contribution is 5.85. The fourth-order valence-electron chi connectivity index (χ4n) is 5.27. The number of hydrogen-bond donors (Lipinski definition) is 1. The maximum atomic E-state index is 6.23. The Balaban J connectivity index is 1.71. The Morgan fingerprint density at radius 3 is 2.76 bits per heavy atom. The first-order chi connectivity index (χ1) is 16.0. The van der Waals surface area contributed by atoms with Crippen LogP contribution in [0, 0.1) is 0 Å². The van der Waals surface area contributed by atoms with E-state index in [1.807, 2.05) is 12.3 Å². The molecule has 0 spiro atoms. The van der Waals surface area contributed by atoms with Gasteiger partial charge in [0.05, 0.1) is 19.2 Å². The molecule has 1 N–H and O–H groups in total. The maximum Gasteiger partial charge on any atom is 0.146 e. The quantitative estimate of drug-likeness (QED) is 0.385. The van der Waals surface area contributed by atoms with E-state index in [9.17, 15) is 0 Å². The number of hydrogen-bond acceptors (Lipinski definition) is 7. The monoisotopic (exact) mass is 460 g/mol. The zero-order valence-corrected chi connectivity index (χ0v) is 20.8. The molecule has 1 saturated carbocycles. The topological polar surface area (TPSA) is 70.0 Å². The molecule has 8 heteroatoms. The summed E-state index contributed by atoms with van der Waals surface area (Å²) in [6.07, 6.45) is 8.48. The molecule has 3 heterocycles. The van der Waals surface area contributed by atoms with Crippen LogP contribution in [0.4, 0.5) is 0 Å². The second kappa shape index (κ2) is 10.7. The van der Waals surface area contributed by atoms with Crippen LogP contribution in [0.2, 0.25) is 0 Å². The van der Waals surface area contributed by atoms with Gasteiger partial charge in [-0.3, -0.25) is 9.88 Å². The number of methoxy groups -OCH3 is 3. The molecule has 2 aliphatic rings. The molecule has 0 bridgehead atoms. The largest absolute Gasteiger partial charge is 0.494 e. The Bertz CT molecular complexity index is 909. The van der Waals surface area contributed by atoms with Crippen LogP contribution >= 0.6 is 0 Å². The number of ether oxygens (including phenoxy) is 4. The molecule has 1 aliphatic carbocycles. The van der Waals surface area contributed by atoms with Crippen LogP contribution in [-0.2, 0) is 20.8 Å². The average Bonchev–Trinajstić information content (AvgIpc) is 3.61. The van der Waals surface area contributed by atoms with Crippen LogP contribution in [0.25, 0.3) is 11.0 Å². The Hall–Kier alpha value is -1.71. The maximum absolute atomic E-state index is 6.23. The van der Waals surface area contributed by atoms with Crippen molar-refractivity contribution in [3.05, 3.63) is 24.0 Å². The average molecular weight is 461 g/mol. The summed E-state index contributed by atoms with van der Waals surface area (Å²) in [6.45, 7) is 8.50. The van der Waals surface area contributed by atoms with Gasteiger partial charge in [0.1, 0.15) is 23.1 Å². The van der Waals surface area contributed by atoms with E-state index in [1.54, 1.807) is 21.3 Å². The lowest BCUT2D eigenvalue weighted by atomic mass is 9.99. The van der Waals surface area contributed by atoms with Crippen molar-refractivity contribution >= 4 is 11.0 Å². The van der Waals surface area contributed by atoms with E-state index < -0.39 is 5.72 Å². The van der Waals surface area contributed by atoms with Gasteiger partial charge in [-0.25, -0.2) is 0 Å². The summed E-state index contributed by atoms with van der Waals surface area (Å²) < 4.78 is 25.7. The zero-order chi connectivity index (χ0) is 23.4. The molecule has 3 atom stereocenters. The van der Waals surface area contributed by atoms with Gasteiger partial charge in [-0.1, -0.05) is 0 Å². The minimum Gasteiger partial charge on any atom is -0.494 e. The predicted octanol–water partition coefficient (Wildman–Crippen LogP) is 3.35. The third-order valence-electron chi connectivity index (χ3n) is 7.22. The molecule has 2 aromatic rings. The number of pyridine rings is 1. The number of unbranched alkanes of at least 4 members (excludes halogenated alkanes) is 1. The molecular weight excluding hydrogens is 420 g/mol. The minimum atomic E-state index is -0.542. The highest BCUT2D eigenvalue weighted by Crippen LogP contribution is 2.44. The Morgan fingerprint density at radius 1 is 1.30 bits per heavy atom. The normalized spacial score (nSPS) is 21.9. The van der Waals surface area contributed by atoms with Crippen LogP contribution in [-0.4, -0.2) is 80.0 Å². The molecular formula is C25H40N4O4. The first-order valence-electron chi connectivity index (χ1n) is 12.2. The molecule has 2 fully saturated rings. The molecule has 1 aliphatic heterocycles. The van der Waals surface area contributed by atoms with Crippen molar-refractivity contribution in [3.8, 4) is 5.75 Å². The van der Waals surface area contributed by atoms with Gasteiger partial charge in [0, 0.05) is 76.6 Å². The third-order valence-corrected chi connectivity index (χ3v) is 7.22. The number of rotatable bonds is 12. The van der Waals surface area contributed by atoms with Crippen molar-refractivity contribution in [1.29, 1.82) is 0 Å². The van der Waals surface area contributed by atoms with Crippen molar-refractivity contribution in [3.63, 3.8) is 0 Å². The van der Waals surface area contributed by atoms with E-state index in [2.05, 4.69) is 34.8 Å². The Labute approximate surface area is 197 Å². The summed E-state index contributed by atoms with van der Waals surface area (Å²) in [5, 5.41) is 3.48. The van der Waals surface area contributed by atoms with E-state index in [4.69, 9.17) is 23.9 Å². The Kier molecular flexibility index (Phi) is 7.91. The van der Waals surface area contributed by atoms with Gasteiger partial charge in [0.2, 0.25) is 0 Å². The van der Waals surface area contributed by atoms with Crippen LogP contribution in [0.5, 0.6) is 5.75 Å². The first-order valence-corrected chi connectivity index (χ1v) is 12.2. The van der Waals surface area contributed by atoms with Crippen LogP contribution in [0.15, 0.2) is 18.5 Å². The lowest BCUT2D eigenvalue weighted by Gasteiger charge is -2.49. The molecule has 0 aromatic carbocycles. The summed E-state index contributed by atoms with van der Waals surface area (Å²) in [5.41, 5.74) is 2.72. The van der Waals surface area contributed by atoms with Crippen LogP contribution in [0.3, 0.4) is 0 Å². The predicted molar refractivity (Wildman–Crippen MR) is 129 cm³/mol. The van der Waals surface area contributed by atoms with E-state index in [1.165, 1.54) is 18.4 Å². The third kappa shape index (κ3) is 4.91. The van der Waals surface area contributed by atoms with Gasteiger partial charge in [-0.05, 0) is 39.5 Å². The first kappa shape index (κ1) is 24.4. The van der Waals surface area contributed by atoms with Gasteiger partial charge in [-0.2, -0.15) is 0 Å². The molecule has 2 aromatic heterocycles. The molecule has 33 heavy (non-hydrogen) atoms. The molecule has 0 amide bonds. The van der Waals surface area contributed by atoms with Crippen molar-refractivity contribution in [2.45, 2.75) is 70.0 Å². The molecule has 8 nitrogen and oxygen atoms in total. The summed E-state index contributed by atoms with van der Waals surface area (Å²) >= 11 is 0. The molecule has 1 saturated heterocycles. The van der Waals surface area contributed by atoms with E-state index in [-0.39, 0.29) is 12.1 Å². The number of aromatic nitrogens is 2. The molecule has 4 rings (SSSR count). The highest BCUT2D eigenvalue weighted by Gasteiger charge is 2.50. The van der Waals surface area contributed by atoms with Crippen molar-refractivity contribution in [2.75, 3.05) is 47.6 Å². The van der Waals surface area contributed by atoms with E-state index in [0.717, 1.165) is 55.9 Å². The minimum absolute atomic E-state index is 0.0378. The fraction of sp³-hybridized carbons (Fsp3) is 0.720. The second-order valence-corrected chi connectivity index (χ2v) is 9.32. The van der Waals surface area contributed by atoms with E-state index in [0.29, 0.717) is 12.6 Å². The number of fused-ring (bicyclic) bond motifs is 1. The van der Waals surface area contributed by atoms with Gasteiger partial charge in [0.25, 0.3) is 0 Å². The standard InChI is InChI=1S/C25H40N4O4/c1-18(29(19-8-9-19)25(2,32-5)22-16-26-12-15-33-22)20-17-28(13-6-7-14-30-3)24-21(31-4)10-11-27-23(20)24/h10-11,17-19,22,26H,6-9,12-16H2,1-5H3/t18-,22+,25?/m0/s1. The second-order valence-electron chi connectivity index (χ2n) is 9.32. The smallest absolute Gasteiger partial charge is 0.146 e. The SMILES string of the molecule is COCCCCn1cc([C@H](C)N(C2CC2)C(C)(OC)[C@H]2CNCCO2)c2nccc(OC)c21. The molecule has 184 valence electrons. The van der Waals surface area contributed by atoms with Crippen molar-refractivity contribution in [1.82, 2.24) is 19.8 Å². The van der Waals surface area contributed by atoms with Gasteiger partial charge >= 0.3 is 0 Å². The highest BCUT2D eigenvalue weighted by atomic mass is 16.6. The van der Waals surface area contributed by atoms with Crippen LogP contribution < -0.4 is 10.1 Å².